The van der Waals surface area contributed by atoms with Gasteiger partial charge in [-0.1, -0.05) is 13.8 Å². The lowest BCUT2D eigenvalue weighted by Crippen LogP contribution is -2.46. The first kappa shape index (κ1) is 15.8. The number of carbonyl (C=O) groups excluding carboxylic acids is 3. The smallest absolute Gasteiger partial charge is 0.239 e. The van der Waals surface area contributed by atoms with E-state index in [0.29, 0.717) is 39.0 Å². The van der Waals surface area contributed by atoms with Crippen LogP contribution in [-0.4, -0.2) is 60.2 Å². The minimum Gasteiger partial charge on any atom is -0.354 e. The fourth-order valence-corrected chi connectivity index (χ4v) is 2.96. The van der Waals surface area contributed by atoms with Crippen molar-refractivity contribution in [1.29, 1.82) is 0 Å². The number of amides is 3. The van der Waals surface area contributed by atoms with E-state index >= 15 is 0 Å². The number of piperidine rings is 1. The Balaban J connectivity index is 1.88. The van der Waals surface area contributed by atoms with Gasteiger partial charge in [-0.2, -0.15) is 0 Å². The number of hydrogen-bond acceptors (Lipinski definition) is 3. The second-order valence-electron chi connectivity index (χ2n) is 6.22. The van der Waals surface area contributed by atoms with Crippen LogP contribution in [0.25, 0.3) is 0 Å². The fourth-order valence-electron chi connectivity index (χ4n) is 2.96. The number of rotatable bonds is 2. The van der Waals surface area contributed by atoms with E-state index in [-0.39, 0.29) is 36.1 Å². The third-order valence-corrected chi connectivity index (χ3v) is 4.22. The highest BCUT2D eigenvalue weighted by Gasteiger charge is 2.31. The molecule has 2 aliphatic heterocycles. The molecule has 0 saturated carbocycles. The zero-order valence-electron chi connectivity index (χ0n) is 12.9. The highest BCUT2D eigenvalue weighted by atomic mass is 16.2. The van der Waals surface area contributed by atoms with Crippen molar-refractivity contribution < 1.29 is 14.4 Å². The summed E-state index contributed by atoms with van der Waals surface area (Å²) in [6.07, 6.45) is 2.22. The lowest BCUT2D eigenvalue weighted by Gasteiger charge is -2.34. The van der Waals surface area contributed by atoms with Gasteiger partial charge in [0.25, 0.3) is 0 Å². The van der Waals surface area contributed by atoms with Crippen molar-refractivity contribution in [3.8, 4) is 0 Å². The van der Waals surface area contributed by atoms with E-state index in [9.17, 15) is 14.4 Å². The Morgan fingerprint density at radius 1 is 1.14 bits per heavy atom. The molecule has 118 valence electrons. The zero-order valence-corrected chi connectivity index (χ0v) is 12.9. The lowest BCUT2D eigenvalue weighted by atomic mass is 9.94. The topological polar surface area (TPSA) is 69.7 Å². The molecule has 2 fully saturated rings. The molecule has 0 atom stereocenters. The Hall–Kier alpha value is -1.59. The molecule has 1 N–H and O–H groups in total. The number of hydrogen-bond donors (Lipinski definition) is 1. The van der Waals surface area contributed by atoms with E-state index < -0.39 is 0 Å². The largest absolute Gasteiger partial charge is 0.354 e. The summed E-state index contributed by atoms with van der Waals surface area (Å²) in [4.78, 5) is 39.5. The van der Waals surface area contributed by atoms with Gasteiger partial charge in [0.1, 0.15) is 0 Å². The highest BCUT2D eigenvalue weighted by molar-refractivity contribution is 5.86. The van der Waals surface area contributed by atoms with Crippen molar-refractivity contribution in [2.75, 3.05) is 32.7 Å². The Kier molecular flexibility index (Phi) is 5.20. The lowest BCUT2D eigenvalue weighted by molar-refractivity contribution is -0.143. The van der Waals surface area contributed by atoms with Gasteiger partial charge in [-0.3, -0.25) is 14.4 Å². The number of carbonyl (C=O) groups is 3. The van der Waals surface area contributed by atoms with Crippen LogP contribution in [0, 0.1) is 11.8 Å². The van der Waals surface area contributed by atoms with E-state index in [1.54, 1.807) is 4.90 Å². The molecule has 3 amide bonds. The average molecular weight is 295 g/mol. The van der Waals surface area contributed by atoms with Gasteiger partial charge in [0.2, 0.25) is 17.7 Å². The Morgan fingerprint density at radius 2 is 1.81 bits per heavy atom. The van der Waals surface area contributed by atoms with Gasteiger partial charge in [0.15, 0.2) is 0 Å². The molecule has 0 unspecified atom stereocenters. The zero-order chi connectivity index (χ0) is 15.4. The Bertz CT molecular complexity index is 414. The maximum absolute atomic E-state index is 12.5. The summed E-state index contributed by atoms with van der Waals surface area (Å²) in [5, 5.41) is 2.78. The third-order valence-electron chi connectivity index (χ3n) is 4.22. The van der Waals surface area contributed by atoms with Crippen LogP contribution in [-0.2, 0) is 14.4 Å². The Morgan fingerprint density at radius 3 is 2.43 bits per heavy atom. The predicted octanol–water partition coefficient (Wildman–Crippen LogP) is 0.230. The molecule has 0 spiro atoms. The van der Waals surface area contributed by atoms with E-state index in [1.165, 1.54) is 0 Å². The van der Waals surface area contributed by atoms with Crippen molar-refractivity contribution in [1.82, 2.24) is 15.1 Å². The maximum Gasteiger partial charge on any atom is 0.239 e. The van der Waals surface area contributed by atoms with Crippen molar-refractivity contribution >= 4 is 17.7 Å². The van der Waals surface area contributed by atoms with Crippen LogP contribution in [0.15, 0.2) is 0 Å². The van der Waals surface area contributed by atoms with E-state index in [0.717, 1.165) is 6.42 Å². The fraction of sp³-hybridized carbons (Fsp3) is 0.800. The molecular formula is C15H25N3O3. The van der Waals surface area contributed by atoms with Gasteiger partial charge in [-0.15, -0.1) is 0 Å². The van der Waals surface area contributed by atoms with Crippen LogP contribution in [0.1, 0.15) is 33.1 Å². The molecular weight excluding hydrogens is 270 g/mol. The standard InChI is InChI=1S/C15H25N3O3/c1-11(2)14(20)17-8-4-12(5-9-17)15(21)18-7-3-6-16-13(19)10-18/h11-12H,3-10H2,1-2H3,(H,16,19). The predicted molar refractivity (Wildman–Crippen MR) is 78.3 cm³/mol. The second-order valence-corrected chi connectivity index (χ2v) is 6.22. The molecule has 2 rings (SSSR count). The molecule has 0 aromatic heterocycles. The highest BCUT2D eigenvalue weighted by Crippen LogP contribution is 2.21. The molecule has 0 aromatic carbocycles. The molecule has 2 heterocycles. The van der Waals surface area contributed by atoms with Crippen molar-refractivity contribution in [2.45, 2.75) is 33.1 Å². The summed E-state index contributed by atoms with van der Waals surface area (Å²) in [6, 6.07) is 0. The monoisotopic (exact) mass is 295 g/mol. The summed E-state index contributed by atoms with van der Waals surface area (Å²) < 4.78 is 0. The van der Waals surface area contributed by atoms with Gasteiger partial charge in [0.05, 0.1) is 6.54 Å². The van der Waals surface area contributed by atoms with Gasteiger partial charge in [-0.25, -0.2) is 0 Å². The van der Waals surface area contributed by atoms with Crippen LogP contribution in [0.3, 0.4) is 0 Å². The average Bonchev–Trinajstić information content (AvgIpc) is 2.70. The van der Waals surface area contributed by atoms with Crippen LogP contribution in [0.4, 0.5) is 0 Å². The SMILES string of the molecule is CC(C)C(=O)N1CCC(C(=O)N2CCCNC(=O)C2)CC1. The van der Waals surface area contributed by atoms with Crippen molar-refractivity contribution in [3.05, 3.63) is 0 Å². The van der Waals surface area contributed by atoms with Crippen molar-refractivity contribution in [2.24, 2.45) is 11.8 Å². The number of nitrogens with one attached hydrogen (secondary N) is 1. The van der Waals surface area contributed by atoms with Crippen LogP contribution >= 0.6 is 0 Å². The molecule has 21 heavy (non-hydrogen) atoms. The summed E-state index contributed by atoms with van der Waals surface area (Å²) in [5.74, 6) is 0.116. The summed E-state index contributed by atoms with van der Waals surface area (Å²) in [6.45, 7) is 6.54. The minimum absolute atomic E-state index is 0.00607. The molecule has 0 aliphatic carbocycles. The molecule has 6 nitrogen and oxygen atoms in total. The first-order valence-corrected chi connectivity index (χ1v) is 7.83. The van der Waals surface area contributed by atoms with Gasteiger partial charge in [-0.05, 0) is 19.3 Å². The molecule has 0 radical (unpaired) electrons. The van der Waals surface area contributed by atoms with Crippen LogP contribution in [0.5, 0.6) is 0 Å². The molecule has 0 bridgehead atoms. The number of likely N-dealkylation sites (tertiary alicyclic amines) is 1. The number of nitrogens with zero attached hydrogens (tertiary/aromatic N) is 2. The third kappa shape index (κ3) is 3.95. The van der Waals surface area contributed by atoms with E-state index in [2.05, 4.69) is 5.32 Å². The van der Waals surface area contributed by atoms with E-state index in [4.69, 9.17) is 0 Å². The summed E-state index contributed by atoms with van der Waals surface area (Å²) in [7, 11) is 0. The summed E-state index contributed by atoms with van der Waals surface area (Å²) in [5.41, 5.74) is 0. The normalized spacial score (nSPS) is 21.2. The van der Waals surface area contributed by atoms with Crippen LogP contribution < -0.4 is 5.32 Å². The van der Waals surface area contributed by atoms with Crippen LogP contribution in [0.2, 0.25) is 0 Å². The first-order valence-electron chi connectivity index (χ1n) is 7.83. The van der Waals surface area contributed by atoms with Gasteiger partial charge in [0, 0.05) is 38.0 Å². The second kappa shape index (κ2) is 6.91. The van der Waals surface area contributed by atoms with E-state index in [1.807, 2.05) is 18.7 Å². The minimum atomic E-state index is -0.0757. The van der Waals surface area contributed by atoms with Crippen molar-refractivity contribution in [3.63, 3.8) is 0 Å². The first-order chi connectivity index (χ1) is 9.99. The van der Waals surface area contributed by atoms with Gasteiger partial charge >= 0.3 is 0 Å². The molecule has 2 saturated heterocycles. The van der Waals surface area contributed by atoms with Gasteiger partial charge < -0.3 is 15.1 Å². The Labute approximate surface area is 125 Å². The molecule has 0 aromatic rings. The quantitative estimate of drug-likeness (QED) is 0.793. The maximum atomic E-state index is 12.5. The summed E-state index contributed by atoms with van der Waals surface area (Å²) >= 11 is 0. The molecule has 2 aliphatic rings. The molecule has 6 heteroatoms.